The van der Waals surface area contributed by atoms with E-state index in [0.29, 0.717) is 6.54 Å². The van der Waals surface area contributed by atoms with Crippen LogP contribution in [0.3, 0.4) is 0 Å². The first-order valence-corrected chi connectivity index (χ1v) is 6.15. The Balaban J connectivity index is 2.53. The molecule has 0 fully saturated rings. The van der Waals surface area contributed by atoms with Gasteiger partial charge in [-0.15, -0.1) is 0 Å². The standard InChI is InChI=1S/C12H15BrF3N/c1-9-4-3-5-10(6-9)7-17(2)8-11(13)12(14,15)16/h3-6,11H,7-8H2,1-2H3. The fourth-order valence-electron chi connectivity index (χ4n) is 1.56. The van der Waals surface area contributed by atoms with Gasteiger partial charge in [0.05, 0.1) is 0 Å². The zero-order chi connectivity index (χ0) is 13.1. The first-order chi connectivity index (χ1) is 7.79. The minimum Gasteiger partial charge on any atom is -0.301 e. The van der Waals surface area contributed by atoms with Crippen LogP contribution in [0.2, 0.25) is 0 Å². The maximum absolute atomic E-state index is 12.3. The van der Waals surface area contributed by atoms with E-state index < -0.39 is 11.0 Å². The van der Waals surface area contributed by atoms with Crippen molar-refractivity contribution in [1.29, 1.82) is 0 Å². The molecule has 1 rings (SSSR count). The van der Waals surface area contributed by atoms with E-state index in [9.17, 15) is 13.2 Å². The van der Waals surface area contributed by atoms with Gasteiger partial charge in [0, 0.05) is 13.1 Å². The smallest absolute Gasteiger partial charge is 0.301 e. The minimum absolute atomic E-state index is 0.0581. The SMILES string of the molecule is Cc1cccc(CN(C)CC(Br)C(F)(F)F)c1. The lowest BCUT2D eigenvalue weighted by Gasteiger charge is -2.22. The van der Waals surface area contributed by atoms with Gasteiger partial charge in [0.25, 0.3) is 0 Å². The molecule has 1 aromatic carbocycles. The molecule has 0 saturated heterocycles. The summed E-state index contributed by atoms with van der Waals surface area (Å²) < 4.78 is 37.0. The molecule has 17 heavy (non-hydrogen) atoms. The molecule has 0 heterocycles. The van der Waals surface area contributed by atoms with Gasteiger partial charge in [-0.1, -0.05) is 45.8 Å². The van der Waals surface area contributed by atoms with Crippen molar-refractivity contribution >= 4 is 15.9 Å². The topological polar surface area (TPSA) is 3.24 Å². The van der Waals surface area contributed by atoms with Crippen molar-refractivity contribution in [3.63, 3.8) is 0 Å². The third kappa shape index (κ3) is 5.08. The maximum Gasteiger partial charge on any atom is 0.402 e. The van der Waals surface area contributed by atoms with Crippen LogP contribution in [0.1, 0.15) is 11.1 Å². The normalized spacial score (nSPS) is 14.1. The van der Waals surface area contributed by atoms with Gasteiger partial charge in [0.2, 0.25) is 0 Å². The summed E-state index contributed by atoms with van der Waals surface area (Å²) in [7, 11) is 1.68. The van der Waals surface area contributed by atoms with Gasteiger partial charge in [0.1, 0.15) is 4.83 Å². The molecule has 0 N–H and O–H groups in total. The first-order valence-electron chi connectivity index (χ1n) is 5.24. The summed E-state index contributed by atoms with van der Waals surface area (Å²) in [6.45, 7) is 2.42. The zero-order valence-electron chi connectivity index (χ0n) is 9.76. The second-order valence-corrected chi connectivity index (χ2v) is 5.30. The summed E-state index contributed by atoms with van der Waals surface area (Å²) in [6.07, 6.45) is -4.19. The Morgan fingerprint density at radius 3 is 2.53 bits per heavy atom. The van der Waals surface area contributed by atoms with Gasteiger partial charge < -0.3 is 4.90 Å². The monoisotopic (exact) mass is 309 g/mol. The van der Waals surface area contributed by atoms with Gasteiger partial charge in [-0.25, -0.2) is 0 Å². The number of alkyl halides is 4. The number of aryl methyl sites for hydroxylation is 1. The molecule has 0 spiro atoms. The number of nitrogens with zero attached hydrogens (tertiary/aromatic N) is 1. The summed E-state index contributed by atoms with van der Waals surface area (Å²) in [6, 6.07) is 7.77. The van der Waals surface area contributed by atoms with E-state index in [-0.39, 0.29) is 6.54 Å². The predicted octanol–water partition coefficient (Wildman–Crippen LogP) is 3.75. The van der Waals surface area contributed by atoms with Gasteiger partial charge in [-0.3, -0.25) is 0 Å². The minimum atomic E-state index is -4.19. The van der Waals surface area contributed by atoms with Crippen LogP contribution in [0.4, 0.5) is 13.2 Å². The van der Waals surface area contributed by atoms with Crippen molar-refractivity contribution in [3.05, 3.63) is 35.4 Å². The molecular formula is C12H15BrF3N. The molecule has 96 valence electrons. The Morgan fingerprint density at radius 1 is 1.35 bits per heavy atom. The average Bonchev–Trinajstić information content (AvgIpc) is 2.15. The molecule has 1 aromatic rings. The van der Waals surface area contributed by atoms with Crippen LogP contribution in [-0.2, 0) is 6.54 Å². The van der Waals surface area contributed by atoms with E-state index in [1.807, 2.05) is 31.2 Å². The summed E-state index contributed by atoms with van der Waals surface area (Å²) in [5.74, 6) is 0. The number of halogens is 4. The number of hydrogen-bond acceptors (Lipinski definition) is 1. The van der Waals surface area contributed by atoms with E-state index in [0.717, 1.165) is 11.1 Å². The second-order valence-electron chi connectivity index (χ2n) is 4.19. The summed E-state index contributed by atoms with van der Waals surface area (Å²) in [4.78, 5) is 0.173. The molecule has 0 aromatic heterocycles. The molecule has 1 unspecified atom stereocenters. The number of benzene rings is 1. The van der Waals surface area contributed by atoms with Gasteiger partial charge >= 0.3 is 6.18 Å². The van der Waals surface area contributed by atoms with E-state index in [1.165, 1.54) is 0 Å². The van der Waals surface area contributed by atoms with Crippen LogP contribution in [0.5, 0.6) is 0 Å². The Kier molecular flexibility index (Phi) is 5.01. The Hall–Kier alpha value is -0.550. The molecule has 0 bridgehead atoms. The highest BCUT2D eigenvalue weighted by Gasteiger charge is 2.38. The Labute approximate surface area is 108 Å². The summed E-state index contributed by atoms with van der Waals surface area (Å²) in [5, 5.41) is 0. The molecule has 0 aliphatic carbocycles. The van der Waals surface area contributed by atoms with E-state index in [1.54, 1.807) is 11.9 Å². The van der Waals surface area contributed by atoms with Crippen molar-refractivity contribution in [2.75, 3.05) is 13.6 Å². The van der Waals surface area contributed by atoms with E-state index in [2.05, 4.69) is 15.9 Å². The summed E-state index contributed by atoms with van der Waals surface area (Å²) in [5.41, 5.74) is 2.14. The van der Waals surface area contributed by atoms with E-state index >= 15 is 0 Å². The molecule has 0 radical (unpaired) electrons. The van der Waals surface area contributed by atoms with Gasteiger partial charge in [-0.05, 0) is 19.5 Å². The predicted molar refractivity (Wildman–Crippen MR) is 66.3 cm³/mol. The zero-order valence-corrected chi connectivity index (χ0v) is 11.3. The van der Waals surface area contributed by atoms with Crippen LogP contribution in [0.15, 0.2) is 24.3 Å². The van der Waals surface area contributed by atoms with Gasteiger partial charge in [0.15, 0.2) is 0 Å². The van der Waals surface area contributed by atoms with Crippen LogP contribution >= 0.6 is 15.9 Å². The Morgan fingerprint density at radius 2 is 2.00 bits per heavy atom. The van der Waals surface area contributed by atoms with Crippen LogP contribution in [0, 0.1) is 6.92 Å². The van der Waals surface area contributed by atoms with Crippen LogP contribution in [0.25, 0.3) is 0 Å². The van der Waals surface area contributed by atoms with Crippen molar-refractivity contribution in [2.45, 2.75) is 24.5 Å². The molecule has 5 heteroatoms. The van der Waals surface area contributed by atoms with Crippen molar-refractivity contribution in [3.8, 4) is 0 Å². The third-order valence-corrected chi connectivity index (χ3v) is 3.17. The quantitative estimate of drug-likeness (QED) is 0.766. The largest absolute Gasteiger partial charge is 0.402 e. The van der Waals surface area contributed by atoms with Crippen molar-refractivity contribution in [1.82, 2.24) is 4.90 Å². The molecular weight excluding hydrogens is 295 g/mol. The fraction of sp³-hybridized carbons (Fsp3) is 0.500. The molecule has 0 aliphatic heterocycles. The Bertz CT molecular complexity index is 365. The van der Waals surface area contributed by atoms with E-state index in [4.69, 9.17) is 0 Å². The van der Waals surface area contributed by atoms with Crippen LogP contribution in [-0.4, -0.2) is 29.5 Å². The highest BCUT2D eigenvalue weighted by atomic mass is 79.9. The van der Waals surface area contributed by atoms with Crippen molar-refractivity contribution in [2.24, 2.45) is 0 Å². The lowest BCUT2D eigenvalue weighted by Crippen LogP contribution is -2.35. The summed E-state index contributed by atoms with van der Waals surface area (Å²) >= 11 is 2.66. The number of hydrogen-bond donors (Lipinski definition) is 0. The molecule has 0 aliphatic rings. The molecule has 0 amide bonds. The first kappa shape index (κ1) is 14.5. The molecule has 1 nitrogen and oxygen atoms in total. The highest BCUT2D eigenvalue weighted by Crippen LogP contribution is 2.27. The highest BCUT2D eigenvalue weighted by molar-refractivity contribution is 9.09. The number of rotatable bonds is 4. The van der Waals surface area contributed by atoms with Crippen LogP contribution < -0.4 is 0 Å². The lowest BCUT2D eigenvalue weighted by atomic mass is 10.1. The molecule has 0 saturated carbocycles. The van der Waals surface area contributed by atoms with Crippen molar-refractivity contribution < 1.29 is 13.2 Å². The molecule has 1 atom stereocenters. The third-order valence-electron chi connectivity index (χ3n) is 2.36. The fourth-order valence-corrected chi connectivity index (χ4v) is 2.06. The van der Waals surface area contributed by atoms with Gasteiger partial charge in [-0.2, -0.15) is 13.2 Å². The maximum atomic E-state index is 12.3. The second kappa shape index (κ2) is 5.87. The average molecular weight is 310 g/mol. The lowest BCUT2D eigenvalue weighted by molar-refractivity contribution is -0.130.